The molecule has 0 saturated heterocycles. The van der Waals surface area contributed by atoms with Gasteiger partial charge >= 0.3 is 0 Å². The molecule has 0 unspecified atom stereocenters. The van der Waals surface area contributed by atoms with Crippen molar-refractivity contribution in [2.24, 2.45) is 0 Å². The lowest BCUT2D eigenvalue weighted by Crippen LogP contribution is -2.02. The Morgan fingerprint density at radius 1 is 1.00 bits per heavy atom. The van der Waals surface area contributed by atoms with E-state index in [2.05, 4.69) is 17.4 Å². The molecule has 0 atom stereocenters. The Labute approximate surface area is 102 Å². The molecule has 17 heavy (non-hydrogen) atoms. The number of benzene rings is 2. The van der Waals surface area contributed by atoms with Gasteiger partial charge in [0, 0.05) is 12.2 Å². The van der Waals surface area contributed by atoms with Crippen molar-refractivity contribution in [1.82, 2.24) is 0 Å². The van der Waals surface area contributed by atoms with Crippen molar-refractivity contribution in [3.63, 3.8) is 0 Å². The van der Waals surface area contributed by atoms with Gasteiger partial charge in [0.1, 0.15) is 0 Å². The van der Waals surface area contributed by atoms with E-state index in [1.54, 1.807) is 0 Å². The third-order valence-corrected chi connectivity index (χ3v) is 2.94. The van der Waals surface area contributed by atoms with Crippen LogP contribution in [0.3, 0.4) is 0 Å². The summed E-state index contributed by atoms with van der Waals surface area (Å²) in [7, 11) is 0. The molecule has 0 aromatic heterocycles. The van der Waals surface area contributed by atoms with Gasteiger partial charge in [-0.25, -0.2) is 0 Å². The van der Waals surface area contributed by atoms with Gasteiger partial charge < -0.3 is 10.4 Å². The normalized spacial score (nSPS) is 10.2. The van der Waals surface area contributed by atoms with Crippen molar-refractivity contribution in [3.8, 4) is 0 Å². The van der Waals surface area contributed by atoms with Crippen molar-refractivity contribution in [1.29, 1.82) is 0 Å². The van der Waals surface area contributed by atoms with E-state index >= 15 is 0 Å². The maximum atomic E-state index is 9.20. The summed E-state index contributed by atoms with van der Waals surface area (Å²) in [5.74, 6) is 0. The van der Waals surface area contributed by atoms with Gasteiger partial charge in [-0.05, 0) is 29.7 Å². The molecular formula is C15H17NO. The molecule has 2 rings (SSSR count). The molecule has 0 fully saturated rings. The fourth-order valence-corrected chi connectivity index (χ4v) is 1.84. The predicted octanol–water partition coefficient (Wildman–Crippen LogP) is 3.10. The smallest absolute Gasteiger partial charge is 0.0685 e. The Balaban J connectivity index is 2.09. The lowest BCUT2D eigenvalue weighted by molar-refractivity contribution is 0.281. The molecule has 2 N–H and O–H groups in total. The first-order chi connectivity index (χ1) is 8.31. The second kappa shape index (κ2) is 5.51. The van der Waals surface area contributed by atoms with Crippen molar-refractivity contribution in [2.45, 2.75) is 20.1 Å². The Morgan fingerprint density at radius 2 is 1.76 bits per heavy atom. The Hall–Kier alpha value is -1.80. The Kier molecular flexibility index (Phi) is 3.78. The van der Waals surface area contributed by atoms with E-state index in [-0.39, 0.29) is 6.61 Å². The summed E-state index contributed by atoms with van der Waals surface area (Å²) >= 11 is 0. The second-order valence-corrected chi connectivity index (χ2v) is 4.09. The first-order valence-electron chi connectivity index (χ1n) is 5.78. The summed E-state index contributed by atoms with van der Waals surface area (Å²) in [6.07, 6.45) is 0. The van der Waals surface area contributed by atoms with E-state index in [0.29, 0.717) is 0 Å². The zero-order valence-electron chi connectivity index (χ0n) is 9.98. The van der Waals surface area contributed by atoms with E-state index < -0.39 is 0 Å². The van der Waals surface area contributed by atoms with Gasteiger partial charge in [-0.3, -0.25) is 0 Å². The number of hydrogen-bond acceptors (Lipinski definition) is 2. The highest BCUT2D eigenvalue weighted by Crippen LogP contribution is 2.19. The maximum absolute atomic E-state index is 9.20. The zero-order chi connectivity index (χ0) is 12.1. The van der Waals surface area contributed by atoms with E-state index in [1.807, 2.05) is 43.3 Å². The number of aliphatic hydroxyl groups is 1. The highest BCUT2D eigenvalue weighted by Gasteiger charge is 2.02. The SMILES string of the molecule is Cc1c(CO)cccc1NCc1ccccc1. The standard InChI is InChI=1S/C15H17NO/c1-12-14(11-17)8-5-9-15(12)16-10-13-6-3-2-4-7-13/h2-9,16-17H,10-11H2,1H3. The summed E-state index contributed by atoms with van der Waals surface area (Å²) < 4.78 is 0. The topological polar surface area (TPSA) is 32.3 Å². The molecule has 0 saturated carbocycles. The molecule has 0 amide bonds. The molecule has 2 aromatic rings. The summed E-state index contributed by atoms with van der Waals surface area (Å²) in [4.78, 5) is 0. The van der Waals surface area contributed by atoms with Gasteiger partial charge in [0.15, 0.2) is 0 Å². The van der Waals surface area contributed by atoms with Gasteiger partial charge in [0.2, 0.25) is 0 Å². The largest absolute Gasteiger partial charge is 0.392 e. The third-order valence-electron chi connectivity index (χ3n) is 2.94. The van der Waals surface area contributed by atoms with E-state index in [0.717, 1.165) is 23.4 Å². The van der Waals surface area contributed by atoms with Crippen LogP contribution in [0.25, 0.3) is 0 Å². The van der Waals surface area contributed by atoms with E-state index in [9.17, 15) is 5.11 Å². The van der Waals surface area contributed by atoms with Gasteiger partial charge in [-0.15, -0.1) is 0 Å². The monoisotopic (exact) mass is 227 g/mol. The Morgan fingerprint density at radius 3 is 2.47 bits per heavy atom. The van der Waals surface area contributed by atoms with Gasteiger partial charge in [0.05, 0.1) is 6.61 Å². The minimum Gasteiger partial charge on any atom is -0.392 e. The van der Waals surface area contributed by atoms with Crippen molar-refractivity contribution in [2.75, 3.05) is 5.32 Å². The number of rotatable bonds is 4. The molecule has 0 radical (unpaired) electrons. The molecule has 0 aliphatic heterocycles. The van der Waals surface area contributed by atoms with E-state index in [1.165, 1.54) is 5.56 Å². The second-order valence-electron chi connectivity index (χ2n) is 4.09. The van der Waals surface area contributed by atoms with Crippen LogP contribution in [0.15, 0.2) is 48.5 Å². The minimum absolute atomic E-state index is 0.0900. The van der Waals surface area contributed by atoms with Crippen LogP contribution in [0.2, 0.25) is 0 Å². The van der Waals surface area contributed by atoms with Crippen LogP contribution in [-0.2, 0) is 13.2 Å². The first-order valence-corrected chi connectivity index (χ1v) is 5.78. The number of aliphatic hydroxyl groups excluding tert-OH is 1. The number of anilines is 1. The van der Waals surface area contributed by atoms with Crippen LogP contribution in [-0.4, -0.2) is 5.11 Å². The molecule has 0 aliphatic carbocycles. The molecule has 0 heterocycles. The summed E-state index contributed by atoms with van der Waals surface area (Å²) in [5.41, 5.74) is 4.43. The first kappa shape index (κ1) is 11.7. The van der Waals surface area contributed by atoms with Crippen molar-refractivity contribution >= 4 is 5.69 Å². The fourth-order valence-electron chi connectivity index (χ4n) is 1.84. The average Bonchev–Trinajstić information content (AvgIpc) is 2.39. The molecule has 0 aliphatic rings. The van der Waals surface area contributed by atoms with Gasteiger partial charge in [-0.1, -0.05) is 42.5 Å². The highest BCUT2D eigenvalue weighted by molar-refractivity contribution is 5.54. The molecule has 0 spiro atoms. The zero-order valence-corrected chi connectivity index (χ0v) is 9.98. The maximum Gasteiger partial charge on any atom is 0.0685 e. The van der Waals surface area contributed by atoms with Gasteiger partial charge in [-0.2, -0.15) is 0 Å². The van der Waals surface area contributed by atoms with Crippen molar-refractivity contribution in [3.05, 3.63) is 65.2 Å². The molecule has 2 heteroatoms. The summed E-state index contributed by atoms with van der Waals surface area (Å²) in [6.45, 7) is 2.92. The molecule has 2 nitrogen and oxygen atoms in total. The number of hydrogen-bond donors (Lipinski definition) is 2. The molecule has 2 aromatic carbocycles. The Bertz CT molecular complexity index is 480. The quantitative estimate of drug-likeness (QED) is 0.841. The predicted molar refractivity (Wildman–Crippen MR) is 70.9 cm³/mol. The highest BCUT2D eigenvalue weighted by atomic mass is 16.3. The van der Waals surface area contributed by atoms with Crippen LogP contribution in [0.4, 0.5) is 5.69 Å². The summed E-state index contributed by atoms with van der Waals surface area (Å²) in [5, 5.41) is 12.6. The lowest BCUT2D eigenvalue weighted by atomic mass is 10.1. The molecular weight excluding hydrogens is 210 g/mol. The molecule has 0 bridgehead atoms. The van der Waals surface area contributed by atoms with Crippen LogP contribution in [0, 0.1) is 6.92 Å². The fraction of sp³-hybridized carbons (Fsp3) is 0.200. The van der Waals surface area contributed by atoms with Crippen molar-refractivity contribution < 1.29 is 5.11 Å². The minimum atomic E-state index is 0.0900. The van der Waals surface area contributed by atoms with Crippen LogP contribution in [0.1, 0.15) is 16.7 Å². The van der Waals surface area contributed by atoms with Crippen LogP contribution < -0.4 is 5.32 Å². The third kappa shape index (κ3) is 2.86. The van der Waals surface area contributed by atoms with Crippen LogP contribution in [0.5, 0.6) is 0 Å². The van der Waals surface area contributed by atoms with E-state index in [4.69, 9.17) is 0 Å². The molecule has 88 valence electrons. The average molecular weight is 227 g/mol. The van der Waals surface area contributed by atoms with Crippen LogP contribution >= 0.6 is 0 Å². The number of nitrogens with one attached hydrogen (secondary N) is 1. The lowest BCUT2D eigenvalue weighted by Gasteiger charge is -2.12. The summed E-state index contributed by atoms with van der Waals surface area (Å²) in [6, 6.07) is 16.2. The van der Waals surface area contributed by atoms with Gasteiger partial charge in [0.25, 0.3) is 0 Å².